The van der Waals surface area contributed by atoms with Crippen LogP contribution >= 0.6 is 0 Å². The molecule has 0 heterocycles. The van der Waals surface area contributed by atoms with Gasteiger partial charge in [-0.15, -0.1) is 13.2 Å². The van der Waals surface area contributed by atoms with Crippen molar-refractivity contribution < 1.29 is 31.9 Å². The molecule has 2 bridgehead atoms. The molecule has 3 aliphatic carbocycles. The molecule has 2 N–H and O–H groups in total. The molecule has 1 atom stereocenters. The molecule has 2 aromatic carbocycles. The van der Waals surface area contributed by atoms with Gasteiger partial charge in [0, 0.05) is 22.7 Å². The minimum Gasteiger partial charge on any atom is -0.406 e. The van der Waals surface area contributed by atoms with Crippen molar-refractivity contribution in [2.24, 2.45) is 11.3 Å². The first-order valence-corrected chi connectivity index (χ1v) is 9.74. The van der Waals surface area contributed by atoms with E-state index in [2.05, 4.69) is 15.4 Å². The Morgan fingerprint density at radius 3 is 2.32 bits per heavy atom. The van der Waals surface area contributed by atoms with Crippen LogP contribution in [0.3, 0.4) is 0 Å². The van der Waals surface area contributed by atoms with Crippen molar-refractivity contribution in [2.45, 2.75) is 38.1 Å². The number of hydrogen-bond donors (Lipinski definition) is 2. The van der Waals surface area contributed by atoms with Crippen LogP contribution in [0.4, 0.5) is 23.2 Å². The standard InChI is InChI=1S/C22H20F4N2O3/c1-13(18(29)27-16-7-5-15(23)6-8-16)20-10-21(11-20,12-20)28-19(30)14-3-2-4-17(9-14)31-22(24,25)26/h2-9,13H,10-12H2,1H3,(H,27,29)(H,28,30)/t13-,20?,21?/m1/s1. The second kappa shape index (κ2) is 7.25. The van der Waals surface area contributed by atoms with E-state index in [1.165, 1.54) is 36.4 Å². The van der Waals surface area contributed by atoms with Crippen LogP contribution in [0.25, 0.3) is 0 Å². The van der Waals surface area contributed by atoms with E-state index in [0.717, 1.165) is 12.1 Å². The first-order chi connectivity index (χ1) is 14.5. The van der Waals surface area contributed by atoms with Gasteiger partial charge in [-0.3, -0.25) is 9.59 Å². The van der Waals surface area contributed by atoms with Crippen molar-refractivity contribution in [1.82, 2.24) is 5.32 Å². The van der Waals surface area contributed by atoms with Crippen LogP contribution in [0.1, 0.15) is 36.5 Å². The van der Waals surface area contributed by atoms with Crippen molar-refractivity contribution in [1.29, 1.82) is 0 Å². The molecule has 0 aromatic heterocycles. The van der Waals surface area contributed by atoms with Crippen molar-refractivity contribution >= 4 is 17.5 Å². The largest absolute Gasteiger partial charge is 0.573 e. The first-order valence-electron chi connectivity index (χ1n) is 9.74. The van der Waals surface area contributed by atoms with Crippen LogP contribution < -0.4 is 15.4 Å². The topological polar surface area (TPSA) is 67.4 Å². The first kappa shape index (κ1) is 21.1. The number of anilines is 1. The highest BCUT2D eigenvalue weighted by molar-refractivity contribution is 5.96. The van der Waals surface area contributed by atoms with Gasteiger partial charge >= 0.3 is 6.36 Å². The molecule has 0 radical (unpaired) electrons. The minimum absolute atomic E-state index is 0.0719. The van der Waals surface area contributed by atoms with Crippen LogP contribution in [0, 0.1) is 17.2 Å². The number of carbonyl (C=O) groups is 2. The predicted octanol–water partition coefficient (Wildman–Crippen LogP) is 4.65. The molecule has 2 amide bonds. The number of carbonyl (C=O) groups excluding carboxylic acids is 2. The molecule has 5 rings (SSSR count). The number of hydrogen-bond acceptors (Lipinski definition) is 3. The number of rotatable bonds is 6. The third-order valence-electron chi connectivity index (χ3n) is 6.20. The molecule has 3 saturated carbocycles. The van der Waals surface area contributed by atoms with E-state index >= 15 is 0 Å². The van der Waals surface area contributed by atoms with Gasteiger partial charge in [-0.1, -0.05) is 13.0 Å². The lowest BCUT2D eigenvalue weighted by molar-refractivity contribution is -0.274. The Kier molecular flexibility index (Phi) is 4.94. The van der Waals surface area contributed by atoms with E-state index in [4.69, 9.17) is 0 Å². The smallest absolute Gasteiger partial charge is 0.406 e. The highest BCUT2D eigenvalue weighted by Crippen LogP contribution is 2.70. The van der Waals surface area contributed by atoms with Gasteiger partial charge in [0.1, 0.15) is 11.6 Å². The second-order valence-corrected chi connectivity index (χ2v) is 8.42. The SMILES string of the molecule is C[C@H](C(=O)Nc1ccc(F)cc1)C12CC(NC(=O)c3cccc(OC(F)(F)F)c3)(C1)C2. The fourth-order valence-electron chi connectivity index (χ4n) is 4.67. The molecule has 3 aliphatic rings. The molecule has 31 heavy (non-hydrogen) atoms. The normalized spacial score (nSPS) is 24.9. The Hall–Kier alpha value is -3.10. The fraction of sp³-hybridized carbons (Fsp3) is 0.364. The van der Waals surface area contributed by atoms with Gasteiger partial charge in [-0.2, -0.15) is 0 Å². The van der Waals surface area contributed by atoms with Crippen molar-refractivity contribution in [2.75, 3.05) is 5.32 Å². The summed E-state index contributed by atoms with van der Waals surface area (Å²) in [7, 11) is 0. The van der Waals surface area contributed by atoms with E-state index < -0.39 is 29.4 Å². The van der Waals surface area contributed by atoms with Crippen molar-refractivity contribution in [3.8, 4) is 5.75 Å². The van der Waals surface area contributed by atoms with Crippen LogP contribution in [-0.4, -0.2) is 23.7 Å². The lowest BCUT2D eigenvalue weighted by Crippen LogP contribution is -2.77. The molecular weight excluding hydrogens is 416 g/mol. The predicted molar refractivity (Wildman–Crippen MR) is 104 cm³/mol. The Morgan fingerprint density at radius 1 is 1.06 bits per heavy atom. The van der Waals surface area contributed by atoms with Crippen LogP contribution in [0.15, 0.2) is 48.5 Å². The Bertz CT molecular complexity index is 1000. The van der Waals surface area contributed by atoms with Gasteiger partial charge in [-0.05, 0) is 67.1 Å². The zero-order valence-electron chi connectivity index (χ0n) is 16.6. The number of benzene rings is 2. The number of nitrogens with one attached hydrogen (secondary N) is 2. The highest BCUT2D eigenvalue weighted by atomic mass is 19.4. The second-order valence-electron chi connectivity index (χ2n) is 8.42. The Balaban J connectivity index is 1.32. The zero-order valence-corrected chi connectivity index (χ0v) is 16.6. The maximum absolute atomic E-state index is 13.0. The van der Waals surface area contributed by atoms with E-state index in [-0.39, 0.29) is 22.8 Å². The third-order valence-corrected chi connectivity index (χ3v) is 6.20. The number of amides is 2. The van der Waals surface area contributed by atoms with E-state index in [0.29, 0.717) is 24.9 Å². The van der Waals surface area contributed by atoms with E-state index in [9.17, 15) is 27.2 Å². The summed E-state index contributed by atoms with van der Waals surface area (Å²) in [6, 6.07) is 10.4. The van der Waals surface area contributed by atoms with Crippen LogP contribution in [-0.2, 0) is 4.79 Å². The zero-order chi connectivity index (χ0) is 22.4. The summed E-state index contributed by atoms with van der Waals surface area (Å²) in [6.07, 6.45) is -2.99. The number of alkyl halides is 3. The Morgan fingerprint density at radius 2 is 1.71 bits per heavy atom. The molecule has 5 nitrogen and oxygen atoms in total. The number of ether oxygens (including phenoxy) is 1. The molecule has 0 unspecified atom stereocenters. The molecule has 9 heteroatoms. The highest BCUT2D eigenvalue weighted by Gasteiger charge is 2.71. The van der Waals surface area contributed by atoms with E-state index in [1.54, 1.807) is 0 Å². The summed E-state index contributed by atoms with van der Waals surface area (Å²) in [5.41, 5.74) is -0.0856. The maximum atomic E-state index is 13.0. The van der Waals surface area contributed by atoms with Gasteiger partial charge in [0.25, 0.3) is 5.91 Å². The summed E-state index contributed by atoms with van der Waals surface area (Å²) in [5.74, 6) is -1.81. The third kappa shape index (κ3) is 4.22. The Labute approximate surface area is 175 Å². The summed E-state index contributed by atoms with van der Waals surface area (Å²) in [4.78, 5) is 25.1. The van der Waals surface area contributed by atoms with Gasteiger partial charge < -0.3 is 15.4 Å². The molecule has 0 spiro atoms. The minimum atomic E-state index is -4.83. The molecule has 0 saturated heterocycles. The molecular formula is C22H20F4N2O3. The van der Waals surface area contributed by atoms with Crippen molar-refractivity contribution in [3.63, 3.8) is 0 Å². The van der Waals surface area contributed by atoms with Gasteiger partial charge in [0.15, 0.2) is 0 Å². The van der Waals surface area contributed by atoms with E-state index in [1.807, 2.05) is 6.92 Å². The summed E-state index contributed by atoms with van der Waals surface area (Å²) < 4.78 is 54.0. The lowest BCUT2D eigenvalue weighted by atomic mass is 9.36. The monoisotopic (exact) mass is 436 g/mol. The van der Waals surface area contributed by atoms with Crippen LogP contribution in [0.2, 0.25) is 0 Å². The van der Waals surface area contributed by atoms with Crippen molar-refractivity contribution in [3.05, 3.63) is 59.9 Å². The maximum Gasteiger partial charge on any atom is 0.573 e. The molecule has 164 valence electrons. The van der Waals surface area contributed by atoms with Gasteiger partial charge in [0.2, 0.25) is 5.91 Å². The molecule has 2 aromatic rings. The summed E-state index contributed by atoms with van der Waals surface area (Å²) in [6.45, 7) is 1.82. The quantitative estimate of drug-likeness (QED) is 0.648. The lowest BCUT2D eigenvalue weighted by Gasteiger charge is -2.72. The number of halogens is 4. The van der Waals surface area contributed by atoms with Gasteiger partial charge in [0.05, 0.1) is 0 Å². The average molecular weight is 436 g/mol. The molecule has 3 fully saturated rings. The average Bonchev–Trinajstić information content (AvgIpc) is 2.63. The summed E-state index contributed by atoms with van der Waals surface area (Å²) in [5, 5.41) is 5.66. The summed E-state index contributed by atoms with van der Waals surface area (Å²) >= 11 is 0. The molecule has 0 aliphatic heterocycles. The fourth-order valence-corrected chi connectivity index (χ4v) is 4.67. The van der Waals surface area contributed by atoms with Gasteiger partial charge in [-0.25, -0.2) is 4.39 Å². The van der Waals surface area contributed by atoms with Crippen LogP contribution in [0.5, 0.6) is 5.75 Å².